The van der Waals surface area contributed by atoms with Gasteiger partial charge in [0.2, 0.25) is 0 Å². The summed E-state index contributed by atoms with van der Waals surface area (Å²) in [5.41, 5.74) is 0.0382. The number of carboxylic acid groups (broad SMARTS) is 1. The van der Waals surface area contributed by atoms with Crippen molar-refractivity contribution >= 4 is 27.8 Å². The molecule has 5 nitrogen and oxygen atoms in total. The minimum Gasteiger partial charge on any atom is -0.482 e. The van der Waals surface area contributed by atoms with E-state index in [4.69, 9.17) is 9.84 Å². The highest BCUT2D eigenvalue weighted by molar-refractivity contribution is 9.10. The molecule has 2 rings (SSSR count). The second kappa shape index (κ2) is 5.61. The zero-order valence-corrected chi connectivity index (χ0v) is 12.0. The average molecular weight is 328 g/mol. The van der Waals surface area contributed by atoms with Crippen LogP contribution in [-0.2, 0) is 4.79 Å². The molecule has 1 aromatic rings. The third-order valence-corrected chi connectivity index (χ3v) is 3.65. The second-order valence-electron chi connectivity index (χ2n) is 4.45. The normalized spacial score (nSPS) is 14.0. The minimum atomic E-state index is -1.08. The molecule has 0 saturated heterocycles. The number of halogens is 1. The Morgan fingerprint density at radius 1 is 1.47 bits per heavy atom. The maximum Gasteiger partial charge on any atom is 0.339 e. The van der Waals surface area contributed by atoms with Crippen LogP contribution in [0.15, 0.2) is 22.7 Å². The lowest BCUT2D eigenvalue weighted by Gasteiger charge is -2.17. The van der Waals surface area contributed by atoms with Gasteiger partial charge in [-0.3, -0.25) is 4.79 Å². The van der Waals surface area contributed by atoms with Crippen molar-refractivity contribution in [2.75, 3.05) is 13.7 Å². The SMILES string of the molecule is CN(C(=O)COc1c(Br)cccc1C(=O)O)C1CC1. The Balaban J connectivity index is 2.06. The Morgan fingerprint density at radius 2 is 2.16 bits per heavy atom. The number of carbonyl (C=O) groups is 2. The molecular weight excluding hydrogens is 314 g/mol. The van der Waals surface area contributed by atoms with Crippen molar-refractivity contribution < 1.29 is 19.4 Å². The second-order valence-corrected chi connectivity index (χ2v) is 5.30. The molecule has 0 bridgehead atoms. The van der Waals surface area contributed by atoms with Gasteiger partial charge in [0, 0.05) is 13.1 Å². The molecule has 0 unspecified atom stereocenters. The molecule has 1 aliphatic carbocycles. The van der Waals surface area contributed by atoms with Gasteiger partial charge in [0.1, 0.15) is 11.3 Å². The first-order chi connectivity index (χ1) is 9.00. The minimum absolute atomic E-state index is 0.0382. The van der Waals surface area contributed by atoms with Crippen molar-refractivity contribution in [2.24, 2.45) is 0 Å². The molecular formula is C13H14BrNO4. The molecule has 1 fully saturated rings. The fourth-order valence-electron chi connectivity index (χ4n) is 1.73. The highest BCUT2D eigenvalue weighted by Crippen LogP contribution is 2.30. The topological polar surface area (TPSA) is 66.8 Å². The summed E-state index contributed by atoms with van der Waals surface area (Å²) in [6.07, 6.45) is 2.05. The third-order valence-electron chi connectivity index (χ3n) is 3.03. The van der Waals surface area contributed by atoms with E-state index < -0.39 is 5.97 Å². The number of hydrogen-bond acceptors (Lipinski definition) is 3. The van der Waals surface area contributed by atoms with Crippen molar-refractivity contribution in [3.05, 3.63) is 28.2 Å². The summed E-state index contributed by atoms with van der Waals surface area (Å²) in [7, 11) is 1.74. The monoisotopic (exact) mass is 327 g/mol. The van der Waals surface area contributed by atoms with Gasteiger partial charge in [-0.15, -0.1) is 0 Å². The molecule has 0 aromatic heterocycles. The molecule has 0 radical (unpaired) electrons. The molecule has 1 saturated carbocycles. The van der Waals surface area contributed by atoms with Gasteiger partial charge in [0.25, 0.3) is 5.91 Å². The lowest BCUT2D eigenvalue weighted by molar-refractivity contribution is -0.132. The Kier molecular flexibility index (Phi) is 4.09. The van der Waals surface area contributed by atoms with Crippen molar-refractivity contribution in [2.45, 2.75) is 18.9 Å². The van der Waals surface area contributed by atoms with Crippen LogP contribution in [0.1, 0.15) is 23.2 Å². The summed E-state index contributed by atoms with van der Waals surface area (Å²) in [6.45, 7) is -0.157. The van der Waals surface area contributed by atoms with Crippen LogP contribution in [0.2, 0.25) is 0 Å². The number of benzene rings is 1. The number of likely N-dealkylation sites (N-methyl/N-ethyl adjacent to an activating group) is 1. The van der Waals surface area contributed by atoms with E-state index in [0.29, 0.717) is 10.5 Å². The van der Waals surface area contributed by atoms with E-state index in [1.54, 1.807) is 24.1 Å². The lowest BCUT2D eigenvalue weighted by Crippen LogP contribution is -2.33. The van der Waals surface area contributed by atoms with Gasteiger partial charge in [-0.2, -0.15) is 0 Å². The van der Waals surface area contributed by atoms with Crippen molar-refractivity contribution in [1.82, 2.24) is 4.90 Å². The number of para-hydroxylation sites is 1. The molecule has 0 heterocycles. The molecule has 0 spiro atoms. The van der Waals surface area contributed by atoms with E-state index in [2.05, 4.69) is 15.9 Å². The van der Waals surface area contributed by atoms with Crippen LogP contribution in [0.3, 0.4) is 0 Å². The molecule has 0 aliphatic heterocycles. The number of carbonyl (C=O) groups excluding carboxylic acids is 1. The maximum atomic E-state index is 11.8. The molecule has 1 N–H and O–H groups in total. The Hall–Kier alpha value is -1.56. The van der Waals surface area contributed by atoms with Crippen LogP contribution in [-0.4, -0.2) is 41.6 Å². The first-order valence-corrected chi connectivity index (χ1v) is 6.70. The van der Waals surface area contributed by atoms with Crippen LogP contribution < -0.4 is 4.74 Å². The van der Waals surface area contributed by atoms with E-state index in [1.165, 1.54) is 6.07 Å². The van der Waals surface area contributed by atoms with E-state index in [9.17, 15) is 9.59 Å². The Bertz CT molecular complexity index is 513. The highest BCUT2D eigenvalue weighted by atomic mass is 79.9. The van der Waals surface area contributed by atoms with Gasteiger partial charge in [-0.05, 0) is 40.9 Å². The number of amides is 1. The summed E-state index contributed by atoms with van der Waals surface area (Å²) in [6, 6.07) is 5.04. The highest BCUT2D eigenvalue weighted by Gasteiger charge is 2.29. The number of carboxylic acids is 1. The molecule has 102 valence electrons. The van der Waals surface area contributed by atoms with Crippen molar-refractivity contribution in [3.63, 3.8) is 0 Å². The van der Waals surface area contributed by atoms with Crippen molar-refractivity contribution in [1.29, 1.82) is 0 Å². The predicted molar refractivity (Wildman–Crippen MR) is 72.4 cm³/mol. The molecule has 0 atom stereocenters. The van der Waals surface area contributed by atoms with E-state index in [0.717, 1.165) is 12.8 Å². The van der Waals surface area contributed by atoms with Crippen LogP contribution in [0, 0.1) is 0 Å². The predicted octanol–water partition coefficient (Wildman–Crippen LogP) is 2.15. The standard InChI is InChI=1S/C13H14BrNO4/c1-15(8-5-6-8)11(16)7-19-12-9(13(17)18)3-2-4-10(12)14/h2-4,8H,5-7H2,1H3,(H,17,18). The lowest BCUT2D eigenvalue weighted by atomic mass is 10.2. The van der Waals surface area contributed by atoms with E-state index >= 15 is 0 Å². The zero-order chi connectivity index (χ0) is 14.0. The molecule has 1 amide bonds. The third kappa shape index (κ3) is 3.26. The van der Waals surface area contributed by atoms with E-state index in [-0.39, 0.29) is 23.8 Å². The van der Waals surface area contributed by atoms with Gasteiger partial charge < -0.3 is 14.7 Å². The van der Waals surface area contributed by atoms with Crippen LogP contribution in [0.25, 0.3) is 0 Å². The molecule has 1 aliphatic rings. The van der Waals surface area contributed by atoms with Crippen LogP contribution in [0.5, 0.6) is 5.75 Å². The summed E-state index contributed by atoms with van der Waals surface area (Å²) < 4.78 is 5.89. The zero-order valence-electron chi connectivity index (χ0n) is 10.4. The van der Waals surface area contributed by atoms with Gasteiger partial charge >= 0.3 is 5.97 Å². The molecule has 19 heavy (non-hydrogen) atoms. The fourth-order valence-corrected chi connectivity index (χ4v) is 2.21. The number of ether oxygens (including phenoxy) is 1. The van der Waals surface area contributed by atoms with Gasteiger partial charge in [-0.1, -0.05) is 6.07 Å². The van der Waals surface area contributed by atoms with Crippen molar-refractivity contribution in [3.8, 4) is 5.75 Å². The summed E-state index contributed by atoms with van der Waals surface area (Å²) in [4.78, 5) is 24.6. The quantitative estimate of drug-likeness (QED) is 0.899. The summed E-state index contributed by atoms with van der Waals surface area (Å²) in [5, 5.41) is 9.07. The summed E-state index contributed by atoms with van der Waals surface area (Å²) >= 11 is 3.23. The van der Waals surface area contributed by atoms with Gasteiger partial charge in [-0.25, -0.2) is 4.79 Å². The van der Waals surface area contributed by atoms with Crippen LogP contribution in [0.4, 0.5) is 0 Å². The van der Waals surface area contributed by atoms with Crippen LogP contribution >= 0.6 is 15.9 Å². The molecule has 6 heteroatoms. The number of hydrogen-bond donors (Lipinski definition) is 1. The van der Waals surface area contributed by atoms with Gasteiger partial charge in [0.15, 0.2) is 6.61 Å². The fraction of sp³-hybridized carbons (Fsp3) is 0.385. The number of aromatic carboxylic acids is 1. The Morgan fingerprint density at radius 3 is 2.74 bits per heavy atom. The first-order valence-electron chi connectivity index (χ1n) is 5.91. The maximum absolute atomic E-state index is 11.8. The average Bonchev–Trinajstić information content (AvgIpc) is 3.19. The largest absolute Gasteiger partial charge is 0.482 e. The Labute approximate surface area is 119 Å². The van der Waals surface area contributed by atoms with E-state index in [1.807, 2.05) is 0 Å². The number of rotatable bonds is 5. The smallest absolute Gasteiger partial charge is 0.339 e. The number of nitrogens with zero attached hydrogens (tertiary/aromatic N) is 1. The van der Waals surface area contributed by atoms with Gasteiger partial charge in [0.05, 0.1) is 4.47 Å². The molecule has 1 aromatic carbocycles. The first kappa shape index (κ1) is 13.9. The summed E-state index contributed by atoms with van der Waals surface area (Å²) in [5.74, 6) is -1.04.